The van der Waals surface area contributed by atoms with Crippen molar-refractivity contribution in [1.29, 1.82) is 0 Å². The maximum absolute atomic E-state index is 14.8. The van der Waals surface area contributed by atoms with Gasteiger partial charge in [-0.15, -0.1) is 0 Å². The molecule has 0 N–H and O–H groups in total. The van der Waals surface area contributed by atoms with Crippen molar-refractivity contribution in [3.63, 3.8) is 0 Å². The van der Waals surface area contributed by atoms with Gasteiger partial charge in [-0.05, 0) is 0 Å². The number of thiophene rings is 2. The molecule has 3 aromatic rings. The third-order valence-electron chi connectivity index (χ3n) is 4.21. The Morgan fingerprint density at radius 1 is 0.680 bits per heavy atom. The van der Waals surface area contributed by atoms with Crippen LogP contribution in [-0.2, 0) is 0 Å². The summed E-state index contributed by atoms with van der Waals surface area (Å²) in [6.07, 6.45) is 0. The quantitative estimate of drug-likeness (QED) is 0.312. The van der Waals surface area contributed by atoms with E-state index in [0.29, 0.717) is 0 Å². The fourth-order valence-corrected chi connectivity index (χ4v) is 15.3. The van der Waals surface area contributed by atoms with E-state index < -0.39 is 36.8 Å². The molecule has 0 aliphatic heterocycles. The van der Waals surface area contributed by atoms with Gasteiger partial charge in [0.15, 0.2) is 0 Å². The molecule has 0 radical (unpaired) electrons. The van der Waals surface area contributed by atoms with Gasteiger partial charge in [0.25, 0.3) is 0 Å². The van der Waals surface area contributed by atoms with Crippen molar-refractivity contribution < 1.29 is 4.39 Å². The topological polar surface area (TPSA) is 0 Å². The first kappa shape index (κ1) is 19.9. The molecule has 0 unspecified atom stereocenters. The van der Waals surface area contributed by atoms with Gasteiger partial charge in [0.1, 0.15) is 0 Å². The number of hydrogen-bond donors (Lipinski definition) is 0. The van der Waals surface area contributed by atoms with Crippen LogP contribution in [0.4, 0.5) is 4.39 Å². The second kappa shape index (κ2) is 7.28. The Hall–Kier alpha value is 0.147. The minimum atomic E-state index is -2.08. The molecule has 0 nitrogen and oxygen atoms in total. The molecule has 0 aliphatic carbocycles. The molecule has 0 amide bonds. The maximum atomic E-state index is 14.8. The van der Waals surface area contributed by atoms with E-state index in [2.05, 4.69) is 60.0 Å². The number of halogens is 1. The van der Waals surface area contributed by atoms with Crippen LogP contribution in [0.1, 0.15) is 0 Å². The summed E-state index contributed by atoms with van der Waals surface area (Å²) >= 11 is -0.488. The van der Waals surface area contributed by atoms with Crippen LogP contribution >= 0.6 is 22.7 Å². The zero-order valence-corrected chi connectivity index (χ0v) is 23.1. The van der Waals surface area contributed by atoms with E-state index in [1.807, 2.05) is 17.4 Å². The molecule has 3 rings (SSSR count). The van der Waals surface area contributed by atoms with Gasteiger partial charge in [0, 0.05) is 0 Å². The van der Waals surface area contributed by atoms with Crippen molar-refractivity contribution in [3.05, 3.63) is 48.3 Å². The molecule has 5 heteroatoms. The molecular formula is C20H25FS2Sn2. The van der Waals surface area contributed by atoms with E-state index in [0.717, 1.165) is 16.0 Å². The van der Waals surface area contributed by atoms with E-state index in [1.54, 1.807) is 17.4 Å². The second-order valence-electron chi connectivity index (χ2n) is 8.52. The Labute approximate surface area is 166 Å². The van der Waals surface area contributed by atoms with E-state index in [-0.39, 0.29) is 5.82 Å². The summed E-state index contributed by atoms with van der Waals surface area (Å²) in [6, 6.07) is 14.5. The molecule has 0 bridgehead atoms. The molecule has 0 saturated heterocycles. The van der Waals surface area contributed by atoms with Gasteiger partial charge in [-0.25, -0.2) is 0 Å². The Morgan fingerprint density at radius 2 is 1.20 bits per heavy atom. The van der Waals surface area contributed by atoms with Crippen molar-refractivity contribution >= 4 is 65.2 Å². The molecule has 0 fully saturated rings. The zero-order valence-electron chi connectivity index (χ0n) is 15.7. The van der Waals surface area contributed by atoms with Crippen LogP contribution in [0.25, 0.3) is 20.9 Å². The summed E-state index contributed by atoms with van der Waals surface area (Å²) in [6.45, 7) is 0. The predicted molar refractivity (Wildman–Crippen MR) is 119 cm³/mol. The summed E-state index contributed by atoms with van der Waals surface area (Å²) in [4.78, 5) is 16.7. The number of benzene rings is 1. The molecule has 0 saturated carbocycles. The van der Waals surface area contributed by atoms with Crippen LogP contribution in [0.3, 0.4) is 0 Å². The van der Waals surface area contributed by atoms with Crippen LogP contribution in [0.15, 0.2) is 42.5 Å². The van der Waals surface area contributed by atoms with Gasteiger partial charge < -0.3 is 0 Å². The van der Waals surface area contributed by atoms with Crippen LogP contribution < -0.4 is 5.79 Å². The molecule has 0 spiro atoms. The Kier molecular flexibility index (Phi) is 5.80. The van der Waals surface area contributed by atoms with Gasteiger partial charge in [-0.2, -0.15) is 0 Å². The predicted octanol–water partition coefficient (Wildman–Crippen LogP) is 6.37. The average Bonchev–Trinajstić information content (AvgIpc) is 3.15. The van der Waals surface area contributed by atoms with Gasteiger partial charge >= 0.3 is 168 Å². The Balaban J connectivity index is 1.94. The summed E-state index contributed by atoms with van der Waals surface area (Å²) < 4.78 is 17.8. The van der Waals surface area contributed by atoms with Crippen molar-refractivity contribution in [2.45, 2.75) is 29.6 Å². The SMILES string of the molecule is [CH3][Sn]([CH3])([CH3])[c]1ccc(-c2ccc(-c3cc[c]([Sn]([CH3])([CH3])[CH3])s3)c(F)c2)s1. The molecular weight excluding hydrogens is 561 g/mol. The fourth-order valence-electron chi connectivity index (χ4n) is 2.65. The molecule has 2 aromatic heterocycles. The monoisotopic (exact) mass is 588 g/mol. The van der Waals surface area contributed by atoms with Crippen molar-refractivity contribution in [1.82, 2.24) is 0 Å². The molecule has 1 aromatic carbocycles. The van der Waals surface area contributed by atoms with Crippen molar-refractivity contribution in [2.75, 3.05) is 0 Å². The summed E-state index contributed by atoms with van der Waals surface area (Å²) in [5.41, 5.74) is 1.74. The van der Waals surface area contributed by atoms with Gasteiger partial charge in [-0.1, -0.05) is 0 Å². The van der Waals surface area contributed by atoms with Gasteiger partial charge in [-0.3, -0.25) is 0 Å². The van der Waals surface area contributed by atoms with E-state index in [4.69, 9.17) is 0 Å². The Morgan fingerprint density at radius 3 is 1.68 bits per heavy atom. The second-order valence-corrected chi connectivity index (χ2v) is 41.5. The normalized spacial score (nSPS) is 12.6. The number of rotatable bonds is 4. The minimum absolute atomic E-state index is 0.107. The fraction of sp³-hybridized carbons (Fsp3) is 0.300. The van der Waals surface area contributed by atoms with E-state index >= 15 is 0 Å². The first-order valence-corrected chi connectivity index (χ1v) is 30.2. The third kappa shape index (κ3) is 4.53. The van der Waals surface area contributed by atoms with Crippen LogP contribution in [0.2, 0.25) is 29.6 Å². The molecule has 25 heavy (non-hydrogen) atoms. The van der Waals surface area contributed by atoms with Crippen LogP contribution in [-0.4, -0.2) is 36.8 Å². The summed E-state index contributed by atoms with van der Waals surface area (Å²) in [5, 5.41) is 0. The average molecular weight is 586 g/mol. The van der Waals surface area contributed by atoms with Crippen molar-refractivity contribution in [3.8, 4) is 20.9 Å². The van der Waals surface area contributed by atoms with Gasteiger partial charge in [0.2, 0.25) is 0 Å². The molecule has 132 valence electrons. The Bertz CT molecular complexity index is 895. The first-order chi connectivity index (χ1) is 11.6. The summed E-state index contributed by atoms with van der Waals surface area (Å²) in [7, 11) is 0. The first-order valence-electron chi connectivity index (χ1n) is 8.56. The zero-order chi connectivity index (χ0) is 18.4. The van der Waals surface area contributed by atoms with Crippen molar-refractivity contribution in [2.24, 2.45) is 0 Å². The molecule has 0 atom stereocenters. The third-order valence-corrected chi connectivity index (χ3v) is 25.4. The number of hydrogen-bond acceptors (Lipinski definition) is 2. The summed E-state index contributed by atoms with van der Waals surface area (Å²) in [5.74, 6) is -0.107. The van der Waals surface area contributed by atoms with Gasteiger partial charge in [0.05, 0.1) is 0 Å². The van der Waals surface area contributed by atoms with Crippen LogP contribution in [0.5, 0.6) is 0 Å². The van der Waals surface area contributed by atoms with E-state index in [9.17, 15) is 4.39 Å². The molecule has 2 heterocycles. The molecule has 0 aliphatic rings. The standard InChI is InChI=1S/C14H7FS2.6CH3.2Sn/c15-12-9-10(13-3-1-7-16-13)5-6-11(12)14-4-2-8-17-14;;;;;;;;/h1-6,9H;6*1H3;;. The van der Waals surface area contributed by atoms with Crippen LogP contribution in [0, 0.1) is 5.82 Å². The van der Waals surface area contributed by atoms with E-state index in [1.165, 1.54) is 10.7 Å².